The molecule has 1 unspecified atom stereocenters. The van der Waals surface area contributed by atoms with Gasteiger partial charge in [0.15, 0.2) is 0 Å². The maximum absolute atomic E-state index is 8.25. The summed E-state index contributed by atoms with van der Waals surface area (Å²) < 4.78 is 5.24. The average molecular weight is 153 g/mol. The molecule has 0 aliphatic carbocycles. The van der Waals surface area contributed by atoms with Crippen LogP contribution >= 0.6 is 0 Å². The van der Waals surface area contributed by atoms with Crippen LogP contribution in [-0.2, 0) is 4.74 Å². The Bertz CT molecular complexity index is 137. The first-order valence-corrected chi connectivity index (χ1v) is 3.94. The van der Waals surface area contributed by atoms with Crippen LogP contribution in [-0.4, -0.2) is 12.7 Å². The van der Waals surface area contributed by atoms with Crippen molar-refractivity contribution >= 4 is 0 Å². The van der Waals surface area contributed by atoms with Gasteiger partial charge in [-0.3, -0.25) is 0 Å². The van der Waals surface area contributed by atoms with Crippen molar-refractivity contribution in [1.82, 2.24) is 0 Å². The molecule has 2 heteroatoms. The minimum absolute atomic E-state index is 0.192. The molecular formula is C9H15NO. The normalized spacial score (nSPS) is 12.0. The van der Waals surface area contributed by atoms with Crippen LogP contribution < -0.4 is 0 Å². The fraction of sp³-hybridized carbons (Fsp3) is 0.667. The van der Waals surface area contributed by atoms with Crippen LogP contribution in [0.5, 0.6) is 0 Å². The van der Waals surface area contributed by atoms with E-state index in [1.807, 2.05) is 12.1 Å². The van der Waals surface area contributed by atoms with Gasteiger partial charge in [-0.25, -0.2) is 0 Å². The van der Waals surface area contributed by atoms with E-state index < -0.39 is 0 Å². The van der Waals surface area contributed by atoms with E-state index in [9.17, 15) is 0 Å². The van der Waals surface area contributed by atoms with E-state index in [1.165, 1.54) is 0 Å². The standard InChI is InChI=1S/C9H15NO/c1-3-5-9(6-4-2)11-8-7-10/h3,9H,1,4-6,8H2,2H3. The highest BCUT2D eigenvalue weighted by Crippen LogP contribution is 2.06. The van der Waals surface area contributed by atoms with Gasteiger partial charge < -0.3 is 4.74 Å². The van der Waals surface area contributed by atoms with Crippen molar-refractivity contribution in [2.75, 3.05) is 6.61 Å². The molecule has 0 saturated heterocycles. The molecule has 0 aromatic heterocycles. The zero-order valence-corrected chi connectivity index (χ0v) is 7.05. The molecule has 0 aromatic rings. The highest BCUT2D eigenvalue weighted by Gasteiger charge is 2.04. The molecule has 0 aliphatic rings. The van der Waals surface area contributed by atoms with Crippen molar-refractivity contribution in [3.8, 4) is 6.07 Å². The Labute approximate surface area is 68.5 Å². The van der Waals surface area contributed by atoms with Gasteiger partial charge in [0.05, 0.1) is 12.2 Å². The fourth-order valence-corrected chi connectivity index (χ4v) is 0.932. The van der Waals surface area contributed by atoms with Crippen LogP contribution in [0.4, 0.5) is 0 Å². The second kappa shape index (κ2) is 7.30. The topological polar surface area (TPSA) is 33.0 Å². The van der Waals surface area contributed by atoms with Gasteiger partial charge in [0.2, 0.25) is 0 Å². The number of hydrogen-bond donors (Lipinski definition) is 0. The van der Waals surface area contributed by atoms with E-state index in [1.54, 1.807) is 0 Å². The lowest BCUT2D eigenvalue weighted by Gasteiger charge is -2.12. The van der Waals surface area contributed by atoms with Gasteiger partial charge in [0, 0.05) is 0 Å². The Kier molecular flexibility index (Phi) is 6.76. The Balaban J connectivity index is 3.51. The highest BCUT2D eigenvalue weighted by atomic mass is 16.5. The summed E-state index contributed by atoms with van der Waals surface area (Å²) in [5, 5.41) is 8.25. The number of nitriles is 1. The molecule has 0 N–H and O–H groups in total. The largest absolute Gasteiger partial charge is 0.363 e. The van der Waals surface area contributed by atoms with E-state index in [4.69, 9.17) is 10.00 Å². The van der Waals surface area contributed by atoms with Gasteiger partial charge in [-0.05, 0) is 12.8 Å². The third-order valence-corrected chi connectivity index (χ3v) is 1.42. The van der Waals surface area contributed by atoms with Crippen LogP contribution in [0.1, 0.15) is 26.2 Å². The first-order valence-electron chi connectivity index (χ1n) is 3.94. The maximum Gasteiger partial charge on any atom is 0.134 e. The molecule has 0 aromatic carbocycles. The molecule has 0 fully saturated rings. The molecule has 62 valence electrons. The van der Waals surface area contributed by atoms with E-state index >= 15 is 0 Å². The first kappa shape index (κ1) is 10.2. The second-order valence-electron chi connectivity index (χ2n) is 2.40. The third-order valence-electron chi connectivity index (χ3n) is 1.42. The SMILES string of the molecule is C=CCC(CCC)OCC#N. The number of hydrogen-bond acceptors (Lipinski definition) is 2. The van der Waals surface area contributed by atoms with Gasteiger partial charge in [-0.1, -0.05) is 19.4 Å². The summed E-state index contributed by atoms with van der Waals surface area (Å²) in [5.74, 6) is 0. The summed E-state index contributed by atoms with van der Waals surface area (Å²) in [6.45, 7) is 5.92. The monoisotopic (exact) mass is 153 g/mol. The maximum atomic E-state index is 8.25. The molecule has 0 rings (SSSR count). The minimum atomic E-state index is 0.192. The molecule has 11 heavy (non-hydrogen) atoms. The van der Waals surface area contributed by atoms with Crippen LogP contribution in [0.15, 0.2) is 12.7 Å². The molecule has 0 bridgehead atoms. The zero-order valence-electron chi connectivity index (χ0n) is 7.05. The Hall–Kier alpha value is -0.810. The molecule has 0 heterocycles. The number of rotatable bonds is 6. The summed E-state index contributed by atoms with van der Waals surface area (Å²) in [5.41, 5.74) is 0. The molecule has 2 nitrogen and oxygen atoms in total. The molecule has 0 spiro atoms. The lowest BCUT2D eigenvalue weighted by molar-refractivity contribution is 0.0724. The summed E-state index contributed by atoms with van der Waals surface area (Å²) in [7, 11) is 0. The molecule has 0 saturated carbocycles. The van der Waals surface area contributed by atoms with Crippen LogP contribution in [0.3, 0.4) is 0 Å². The Morgan fingerprint density at radius 2 is 2.45 bits per heavy atom. The van der Waals surface area contributed by atoms with Gasteiger partial charge in [-0.15, -0.1) is 6.58 Å². The number of nitrogens with zero attached hydrogens (tertiary/aromatic N) is 1. The summed E-state index contributed by atoms with van der Waals surface area (Å²) in [6, 6.07) is 1.96. The minimum Gasteiger partial charge on any atom is -0.363 e. The fourth-order valence-electron chi connectivity index (χ4n) is 0.932. The second-order valence-corrected chi connectivity index (χ2v) is 2.40. The van der Waals surface area contributed by atoms with Crippen molar-refractivity contribution in [3.63, 3.8) is 0 Å². The molecule has 1 atom stereocenters. The number of ether oxygens (including phenoxy) is 1. The average Bonchev–Trinajstić information content (AvgIpc) is 2.01. The lowest BCUT2D eigenvalue weighted by Crippen LogP contribution is -2.11. The predicted octanol–water partition coefficient (Wildman–Crippen LogP) is 2.27. The zero-order chi connectivity index (χ0) is 8.53. The van der Waals surface area contributed by atoms with Crippen molar-refractivity contribution in [3.05, 3.63) is 12.7 Å². The third kappa shape index (κ3) is 5.63. The van der Waals surface area contributed by atoms with E-state index in [-0.39, 0.29) is 12.7 Å². The van der Waals surface area contributed by atoms with Crippen molar-refractivity contribution < 1.29 is 4.74 Å². The summed E-state index contributed by atoms with van der Waals surface area (Å²) in [4.78, 5) is 0. The smallest absolute Gasteiger partial charge is 0.134 e. The van der Waals surface area contributed by atoms with Crippen molar-refractivity contribution in [1.29, 1.82) is 5.26 Å². The summed E-state index contributed by atoms with van der Waals surface area (Å²) >= 11 is 0. The van der Waals surface area contributed by atoms with Gasteiger partial charge in [0.1, 0.15) is 6.61 Å². The Morgan fingerprint density at radius 3 is 2.91 bits per heavy atom. The summed E-state index contributed by atoms with van der Waals surface area (Å²) in [6.07, 6.45) is 4.96. The van der Waals surface area contributed by atoms with E-state index in [0.717, 1.165) is 19.3 Å². The van der Waals surface area contributed by atoms with Crippen molar-refractivity contribution in [2.24, 2.45) is 0 Å². The highest BCUT2D eigenvalue weighted by molar-refractivity contribution is 4.75. The lowest BCUT2D eigenvalue weighted by atomic mass is 10.1. The molecular weight excluding hydrogens is 138 g/mol. The molecule has 0 aliphatic heterocycles. The molecule has 0 amide bonds. The van der Waals surface area contributed by atoms with Gasteiger partial charge in [-0.2, -0.15) is 5.26 Å². The Morgan fingerprint density at radius 1 is 1.73 bits per heavy atom. The van der Waals surface area contributed by atoms with Crippen LogP contribution in [0.2, 0.25) is 0 Å². The van der Waals surface area contributed by atoms with E-state index in [2.05, 4.69) is 13.5 Å². The van der Waals surface area contributed by atoms with Crippen molar-refractivity contribution in [2.45, 2.75) is 32.3 Å². The quantitative estimate of drug-likeness (QED) is 0.548. The predicted molar refractivity (Wildman–Crippen MR) is 45.1 cm³/mol. The van der Waals surface area contributed by atoms with E-state index in [0.29, 0.717) is 0 Å². The van der Waals surface area contributed by atoms with Gasteiger partial charge in [0.25, 0.3) is 0 Å². The first-order chi connectivity index (χ1) is 5.35. The molecule has 0 radical (unpaired) electrons. The van der Waals surface area contributed by atoms with Crippen LogP contribution in [0.25, 0.3) is 0 Å². The van der Waals surface area contributed by atoms with Gasteiger partial charge >= 0.3 is 0 Å². The van der Waals surface area contributed by atoms with Crippen LogP contribution in [0, 0.1) is 11.3 Å².